The number of aliphatic hydroxyl groups is 1. The summed E-state index contributed by atoms with van der Waals surface area (Å²) in [5.41, 5.74) is 0.760. The quantitative estimate of drug-likeness (QED) is 0.808. The van der Waals surface area contributed by atoms with Crippen molar-refractivity contribution in [1.82, 2.24) is 0 Å². The van der Waals surface area contributed by atoms with Crippen molar-refractivity contribution in [2.75, 3.05) is 0 Å². The van der Waals surface area contributed by atoms with Crippen LogP contribution in [0.25, 0.3) is 0 Å². The molecule has 0 aliphatic rings. The Labute approximate surface area is 109 Å². The Bertz CT molecular complexity index is 368. The minimum absolute atomic E-state index is 0.104. The fourth-order valence-corrected chi connectivity index (χ4v) is 1.76. The third-order valence-electron chi connectivity index (χ3n) is 2.59. The number of aliphatic hydroxyl groups excluding tert-OH is 1. The lowest BCUT2D eigenvalue weighted by Gasteiger charge is -2.13. The molecule has 100 valence electrons. The highest BCUT2D eigenvalue weighted by Gasteiger charge is 2.12. The number of rotatable bonds is 7. The highest BCUT2D eigenvalue weighted by atomic mass is 16.5. The molecule has 0 aliphatic heterocycles. The van der Waals surface area contributed by atoms with Crippen molar-refractivity contribution in [2.45, 2.75) is 52.2 Å². The Morgan fingerprint density at radius 1 is 1.28 bits per heavy atom. The number of ether oxygens (including phenoxy) is 1. The summed E-state index contributed by atoms with van der Waals surface area (Å²) >= 11 is 0. The highest BCUT2D eigenvalue weighted by molar-refractivity contribution is 5.78. The molecule has 0 fully saturated rings. The van der Waals surface area contributed by atoms with Gasteiger partial charge in [-0.3, -0.25) is 4.79 Å². The summed E-state index contributed by atoms with van der Waals surface area (Å²) in [6.45, 7) is 5.89. The predicted molar refractivity (Wildman–Crippen MR) is 71.7 cm³/mol. The summed E-state index contributed by atoms with van der Waals surface area (Å²) in [6, 6.07) is 7.26. The molecule has 0 aromatic heterocycles. The van der Waals surface area contributed by atoms with Gasteiger partial charge in [0.15, 0.2) is 0 Å². The number of hydrogen-bond acceptors (Lipinski definition) is 3. The summed E-state index contributed by atoms with van der Waals surface area (Å²) < 4.78 is 5.52. The molecule has 0 amide bonds. The Hall–Kier alpha value is -1.35. The summed E-state index contributed by atoms with van der Waals surface area (Å²) in [5.74, 6) is 0.883. The van der Waals surface area contributed by atoms with E-state index in [0.717, 1.165) is 17.7 Å². The molecule has 1 unspecified atom stereocenters. The van der Waals surface area contributed by atoms with Crippen LogP contribution in [0.4, 0.5) is 0 Å². The molecular weight excluding hydrogens is 228 g/mol. The van der Waals surface area contributed by atoms with E-state index >= 15 is 0 Å². The van der Waals surface area contributed by atoms with E-state index < -0.39 is 6.10 Å². The molecule has 0 spiro atoms. The molecule has 3 heteroatoms. The van der Waals surface area contributed by atoms with Crippen LogP contribution in [0, 0.1) is 0 Å². The maximum absolute atomic E-state index is 11.5. The van der Waals surface area contributed by atoms with E-state index in [9.17, 15) is 9.90 Å². The molecule has 0 aliphatic carbocycles. The van der Waals surface area contributed by atoms with Gasteiger partial charge in [0, 0.05) is 12.8 Å². The van der Waals surface area contributed by atoms with E-state index in [2.05, 4.69) is 0 Å². The SMILES string of the molecule is CCCC(=O)CC(O)c1ccc(OC(C)C)cc1. The highest BCUT2D eigenvalue weighted by Crippen LogP contribution is 2.21. The van der Waals surface area contributed by atoms with Gasteiger partial charge in [-0.15, -0.1) is 0 Å². The van der Waals surface area contributed by atoms with Gasteiger partial charge in [0.25, 0.3) is 0 Å². The molecule has 0 saturated heterocycles. The van der Waals surface area contributed by atoms with E-state index in [4.69, 9.17) is 4.74 Å². The van der Waals surface area contributed by atoms with Gasteiger partial charge in [0.1, 0.15) is 11.5 Å². The summed E-state index contributed by atoms with van der Waals surface area (Å²) in [5, 5.41) is 9.93. The molecule has 1 N–H and O–H groups in total. The zero-order chi connectivity index (χ0) is 13.5. The van der Waals surface area contributed by atoms with Gasteiger partial charge < -0.3 is 9.84 Å². The van der Waals surface area contributed by atoms with Crippen LogP contribution >= 0.6 is 0 Å². The summed E-state index contributed by atoms with van der Waals surface area (Å²) in [4.78, 5) is 11.5. The Kier molecular flexibility index (Phi) is 5.86. The van der Waals surface area contributed by atoms with Gasteiger partial charge in [-0.25, -0.2) is 0 Å². The topological polar surface area (TPSA) is 46.5 Å². The Balaban J connectivity index is 2.58. The minimum atomic E-state index is -0.711. The van der Waals surface area contributed by atoms with Crippen LogP contribution in [0.15, 0.2) is 24.3 Å². The molecule has 1 aromatic rings. The molecule has 18 heavy (non-hydrogen) atoms. The second-order valence-electron chi connectivity index (χ2n) is 4.74. The number of carbonyl (C=O) groups excluding carboxylic acids is 1. The molecular formula is C15H22O3. The zero-order valence-electron chi connectivity index (χ0n) is 11.3. The van der Waals surface area contributed by atoms with Crippen molar-refractivity contribution < 1.29 is 14.6 Å². The van der Waals surface area contributed by atoms with Gasteiger partial charge in [-0.05, 0) is 38.0 Å². The average molecular weight is 250 g/mol. The molecule has 0 heterocycles. The fraction of sp³-hybridized carbons (Fsp3) is 0.533. The van der Waals surface area contributed by atoms with Crippen molar-refractivity contribution in [3.63, 3.8) is 0 Å². The predicted octanol–water partition coefficient (Wildman–Crippen LogP) is 3.27. The summed E-state index contributed by atoms with van der Waals surface area (Å²) in [7, 11) is 0. The van der Waals surface area contributed by atoms with Crippen molar-refractivity contribution in [3.05, 3.63) is 29.8 Å². The molecule has 1 aromatic carbocycles. The van der Waals surface area contributed by atoms with Crippen molar-refractivity contribution in [3.8, 4) is 5.75 Å². The third kappa shape index (κ3) is 4.88. The lowest BCUT2D eigenvalue weighted by Crippen LogP contribution is -2.07. The monoisotopic (exact) mass is 250 g/mol. The van der Waals surface area contributed by atoms with E-state index in [0.29, 0.717) is 6.42 Å². The zero-order valence-corrected chi connectivity index (χ0v) is 11.3. The first-order valence-corrected chi connectivity index (χ1v) is 6.49. The van der Waals surface area contributed by atoms with Gasteiger partial charge in [-0.2, -0.15) is 0 Å². The second kappa shape index (κ2) is 7.17. The minimum Gasteiger partial charge on any atom is -0.491 e. The van der Waals surface area contributed by atoms with E-state index in [1.54, 1.807) is 0 Å². The van der Waals surface area contributed by atoms with Gasteiger partial charge in [-0.1, -0.05) is 19.1 Å². The maximum Gasteiger partial charge on any atom is 0.135 e. The average Bonchev–Trinajstić information content (AvgIpc) is 2.29. The second-order valence-corrected chi connectivity index (χ2v) is 4.74. The number of carbonyl (C=O) groups is 1. The Morgan fingerprint density at radius 2 is 1.89 bits per heavy atom. The van der Waals surface area contributed by atoms with Crippen molar-refractivity contribution >= 4 is 5.78 Å². The van der Waals surface area contributed by atoms with Crippen LogP contribution in [0.2, 0.25) is 0 Å². The number of benzene rings is 1. The molecule has 0 bridgehead atoms. The van der Waals surface area contributed by atoms with Crippen LogP contribution in [-0.2, 0) is 4.79 Å². The first-order chi connectivity index (χ1) is 8.52. The maximum atomic E-state index is 11.5. The molecule has 3 nitrogen and oxygen atoms in total. The molecule has 0 saturated carbocycles. The summed E-state index contributed by atoms with van der Waals surface area (Å²) in [6.07, 6.45) is 0.973. The van der Waals surface area contributed by atoms with Crippen LogP contribution in [0.1, 0.15) is 51.7 Å². The fourth-order valence-electron chi connectivity index (χ4n) is 1.76. The number of Topliss-reactive ketones (excluding diaryl/α,β-unsaturated/α-hetero) is 1. The smallest absolute Gasteiger partial charge is 0.135 e. The number of hydrogen-bond donors (Lipinski definition) is 1. The van der Waals surface area contributed by atoms with Crippen LogP contribution in [-0.4, -0.2) is 17.0 Å². The van der Waals surface area contributed by atoms with Crippen LogP contribution < -0.4 is 4.74 Å². The number of ketones is 1. The lowest BCUT2D eigenvalue weighted by molar-refractivity contribution is -0.121. The first-order valence-electron chi connectivity index (χ1n) is 6.49. The van der Waals surface area contributed by atoms with E-state index in [-0.39, 0.29) is 18.3 Å². The van der Waals surface area contributed by atoms with E-state index in [1.807, 2.05) is 45.0 Å². The molecule has 1 rings (SSSR count). The normalized spacial score (nSPS) is 12.5. The van der Waals surface area contributed by atoms with Gasteiger partial charge in [0.2, 0.25) is 0 Å². The largest absolute Gasteiger partial charge is 0.491 e. The third-order valence-corrected chi connectivity index (χ3v) is 2.59. The first kappa shape index (κ1) is 14.7. The Morgan fingerprint density at radius 3 is 2.39 bits per heavy atom. The van der Waals surface area contributed by atoms with Gasteiger partial charge >= 0.3 is 0 Å². The van der Waals surface area contributed by atoms with Crippen LogP contribution in [0.3, 0.4) is 0 Å². The van der Waals surface area contributed by atoms with Gasteiger partial charge in [0.05, 0.1) is 12.2 Å². The standard InChI is InChI=1S/C15H22O3/c1-4-5-13(16)10-15(17)12-6-8-14(9-7-12)18-11(2)3/h6-9,11,15,17H,4-5,10H2,1-3H3. The molecule has 1 atom stereocenters. The molecule has 0 radical (unpaired) electrons. The van der Waals surface area contributed by atoms with E-state index in [1.165, 1.54) is 0 Å². The van der Waals surface area contributed by atoms with Crippen molar-refractivity contribution in [2.24, 2.45) is 0 Å². The van der Waals surface area contributed by atoms with Crippen molar-refractivity contribution in [1.29, 1.82) is 0 Å². The lowest BCUT2D eigenvalue weighted by atomic mass is 10.0. The van der Waals surface area contributed by atoms with Crippen LogP contribution in [0.5, 0.6) is 5.75 Å².